The van der Waals surface area contributed by atoms with Crippen molar-refractivity contribution in [1.29, 1.82) is 0 Å². The maximum absolute atomic E-state index is 4.45. The number of rotatable bonds is 5. The van der Waals surface area contributed by atoms with Gasteiger partial charge in [-0.3, -0.25) is 4.99 Å². The number of hydrogen-bond acceptors (Lipinski definition) is 3. The number of guanidine groups is 1. The van der Waals surface area contributed by atoms with Gasteiger partial charge in [0.15, 0.2) is 5.96 Å². The Morgan fingerprint density at radius 1 is 1.33 bits per heavy atom. The molecule has 2 fully saturated rings. The Bertz CT molecular complexity index is 445. The SMILES string of the molecule is CN=C(NCCCC1CC1)N1CCN(c2cccs2)CC1. The molecule has 1 N–H and O–H groups in total. The first kappa shape index (κ1) is 14.7. The normalized spacial score (nSPS) is 20.0. The highest BCUT2D eigenvalue weighted by Gasteiger charge is 2.21. The first-order valence-corrected chi connectivity index (χ1v) is 8.99. The monoisotopic (exact) mass is 306 g/mol. The molecule has 5 heteroatoms. The zero-order valence-corrected chi connectivity index (χ0v) is 13.7. The molecule has 0 amide bonds. The van der Waals surface area contributed by atoms with Crippen LogP contribution in [0.25, 0.3) is 0 Å². The lowest BCUT2D eigenvalue weighted by Gasteiger charge is -2.37. The van der Waals surface area contributed by atoms with E-state index in [0.717, 1.165) is 44.6 Å². The van der Waals surface area contributed by atoms with E-state index in [1.54, 1.807) is 0 Å². The zero-order valence-electron chi connectivity index (χ0n) is 12.9. The van der Waals surface area contributed by atoms with Crippen molar-refractivity contribution in [3.63, 3.8) is 0 Å². The Hall–Kier alpha value is -1.23. The second-order valence-electron chi connectivity index (χ2n) is 5.98. The first-order valence-electron chi connectivity index (χ1n) is 8.11. The van der Waals surface area contributed by atoms with Crippen LogP contribution in [0, 0.1) is 5.92 Å². The summed E-state index contributed by atoms with van der Waals surface area (Å²) in [5.74, 6) is 2.11. The van der Waals surface area contributed by atoms with Gasteiger partial charge in [-0.2, -0.15) is 0 Å². The van der Waals surface area contributed by atoms with Gasteiger partial charge in [0.05, 0.1) is 5.00 Å². The summed E-state index contributed by atoms with van der Waals surface area (Å²) in [5.41, 5.74) is 0. The Balaban J connectivity index is 1.41. The molecule has 1 aliphatic heterocycles. The molecule has 1 saturated heterocycles. The molecule has 1 aliphatic carbocycles. The predicted molar refractivity (Wildman–Crippen MR) is 91.4 cm³/mol. The number of nitrogens with zero attached hydrogens (tertiary/aromatic N) is 3. The molecule has 0 radical (unpaired) electrons. The summed E-state index contributed by atoms with van der Waals surface area (Å²) in [6.45, 7) is 5.35. The minimum absolute atomic E-state index is 1.03. The fourth-order valence-electron chi connectivity index (χ4n) is 2.92. The molecular weight excluding hydrogens is 280 g/mol. The average molecular weight is 306 g/mol. The smallest absolute Gasteiger partial charge is 0.193 e. The molecule has 1 aromatic heterocycles. The Morgan fingerprint density at radius 2 is 2.14 bits per heavy atom. The van der Waals surface area contributed by atoms with Gasteiger partial charge in [-0.25, -0.2) is 0 Å². The van der Waals surface area contributed by atoms with Crippen molar-refractivity contribution in [3.8, 4) is 0 Å². The van der Waals surface area contributed by atoms with Crippen LogP contribution in [0.2, 0.25) is 0 Å². The van der Waals surface area contributed by atoms with Crippen molar-refractivity contribution in [2.75, 3.05) is 44.7 Å². The van der Waals surface area contributed by atoms with Crippen molar-refractivity contribution < 1.29 is 0 Å². The molecule has 116 valence electrons. The van der Waals surface area contributed by atoms with E-state index in [-0.39, 0.29) is 0 Å². The molecule has 2 aliphatic rings. The molecule has 0 unspecified atom stereocenters. The van der Waals surface area contributed by atoms with Crippen molar-refractivity contribution in [2.45, 2.75) is 25.7 Å². The topological polar surface area (TPSA) is 30.9 Å². The Labute approximate surface area is 131 Å². The highest BCUT2D eigenvalue weighted by Crippen LogP contribution is 2.33. The number of piperazine rings is 1. The summed E-state index contributed by atoms with van der Waals surface area (Å²) in [4.78, 5) is 9.31. The maximum atomic E-state index is 4.45. The number of anilines is 1. The summed E-state index contributed by atoms with van der Waals surface area (Å²) >= 11 is 1.83. The number of aliphatic imine (C=N–C) groups is 1. The third kappa shape index (κ3) is 4.13. The molecule has 0 atom stereocenters. The molecule has 3 rings (SSSR count). The van der Waals surface area contributed by atoms with Crippen LogP contribution in [0.3, 0.4) is 0 Å². The second kappa shape index (κ2) is 7.16. The molecule has 1 aromatic rings. The summed E-state index contributed by atoms with van der Waals surface area (Å²) in [6, 6.07) is 4.35. The van der Waals surface area contributed by atoms with Crippen LogP contribution in [-0.2, 0) is 0 Å². The molecule has 0 spiro atoms. The van der Waals surface area contributed by atoms with Crippen LogP contribution in [0.5, 0.6) is 0 Å². The number of thiophene rings is 1. The van der Waals surface area contributed by atoms with Gasteiger partial charge >= 0.3 is 0 Å². The van der Waals surface area contributed by atoms with E-state index >= 15 is 0 Å². The van der Waals surface area contributed by atoms with E-state index in [2.05, 4.69) is 37.6 Å². The molecule has 21 heavy (non-hydrogen) atoms. The van der Waals surface area contributed by atoms with Gasteiger partial charge in [0.25, 0.3) is 0 Å². The van der Waals surface area contributed by atoms with Crippen LogP contribution in [0.4, 0.5) is 5.00 Å². The Kier molecular flexibility index (Phi) is 5.01. The van der Waals surface area contributed by atoms with Gasteiger partial charge in [-0.1, -0.05) is 12.8 Å². The first-order chi connectivity index (χ1) is 10.4. The number of nitrogens with one attached hydrogen (secondary N) is 1. The minimum Gasteiger partial charge on any atom is -0.360 e. The predicted octanol–water partition coefficient (Wildman–Crippen LogP) is 2.64. The quantitative estimate of drug-likeness (QED) is 0.515. The fraction of sp³-hybridized carbons (Fsp3) is 0.688. The highest BCUT2D eigenvalue weighted by molar-refractivity contribution is 7.14. The lowest BCUT2D eigenvalue weighted by atomic mass is 10.2. The minimum atomic E-state index is 1.03. The van der Waals surface area contributed by atoms with Crippen molar-refractivity contribution in [1.82, 2.24) is 10.2 Å². The van der Waals surface area contributed by atoms with E-state index < -0.39 is 0 Å². The molecular formula is C16H26N4S. The standard InChI is InChI=1S/C16H26N4S/c1-17-16(18-8-2-4-14-6-7-14)20-11-9-19(10-12-20)15-5-3-13-21-15/h3,5,13-14H,2,4,6-12H2,1H3,(H,17,18). The van der Waals surface area contributed by atoms with Gasteiger partial charge < -0.3 is 15.1 Å². The Morgan fingerprint density at radius 3 is 2.76 bits per heavy atom. The lowest BCUT2D eigenvalue weighted by Crippen LogP contribution is -2.52. The van der Waals surface area contributed by atoms with Crippen LogP contribution in [0.15, 0.2) is 22.5 Å². The number of hydrogen-bond donors (Lipinski definition) is 1. The van der Waals surface area contributed by atoms with E-state index in [4.69, 9.17) is 0 Å². The largest absolute Gasteiger partial charge is 0.360 e. The molecule has 0 bridgehead atoms. The van der Waals surface area contributed by atoms with Gasteiger partial charge in [0, 0.05) is 39.8 Å². The van der Waals surface area contributed by atoms with Gasteiger partial charge in [-0.15, -0.1) is 11.3 Å². The van der Waals surface area contributed by atoms with Crippen LogP contribution in [0.1, 0.15) is 25.7 Å². The lowest BCUT2D eigenvalue weighted by molar-refractivity contribution is 0.373. The van der Waals surface area contributed by atoms with Crippen molar-refractivity contribution in [3.05, 3.63) is 17.5 Å². The van der Waals surface area contributed by atoms with E-state index in [1.807, 2.05) is 18.4 Å². The molecule has 1 saturated carbocycles. The summed E-state index contributed by atoms with van der Waals surface area (Å²) < 4.78 is 0. The molecule has 0 aromatic carbocycles. The second-order valence-corrected chi connectivity index (χ2v) is 6.91. The van der Waals surface area contributed by atoms with Crippen LogP contribution >= 0.6 is 11.3 Å². The van der Waals surface area contributed by atoms with Gasteiger partial charge in [0.2, 0.25) is 0 Å². The van der Waals surface area contributed by atoms with Crippen LogP contribution in [-0.4, -0.2) is 50.6 Å². The molecule has 2 heterocycles. The van der Waals surface area contributed by atoms with Crippen molar-refractivity contribution in [2.24, 2.45) is 10.9 Å². The maximum Gasteiger partial charge on any atom is 0.193 e. The summed E-state index contributed by atoms with van der Waals surface area (Å²) in [6.07, 6.45) is 5.58. The van der Waals surface area contributed by atoms with Gasteiger partial charge in [-0.05, 0) is 36.3 Å². The zero-order chi connectivity index (χ0) is 14.5. The average Bonchev–Trinajstić information content (AvgIpc) is 3.19. The fourth-order valence-corrected chi connectivity index (χ4v) is 3.70. The third-order valence-corrected chi connectivity index (χ3v) is 5.31. The molecule has 4 nitrogen and oxygen atoms in total. The highest BCUT2D eigenvalue weighted by atomic mass is 32.1. The summed E-state index contributed by atoms with van der Waals surface area (Å²) in [5, 5.41) is 7.08. The van der Waals surface area contributed by atoms with Crippen LogP contribution < -0.4 is 10.2 Å². The van der Waals surface area contributed by atoms with Crippen molar-refractivity contribution >= 4 is 22.3 Å². The van der Waals surface area contributed by atoms with Gasteiger partial charge in [0.1, 0.15) is 0 Å². The van der Waals surface area contributed by atoms with E-state index in [1.165, 1.54) is 30.7 Å². The third-order valence-electron chi connectivity index (χ3n) is 4.38. The summed E-state index contributed by atoms with van der Waals surface area (Å²) in [7, 11) is 1.90. The van der Waals surface area contributed by atoms with E-state index in [9.17, 15) is 0 Å². The van der Waals surface area contributed by atoms with E-state index in [0.29, 0.717) is 0 Å².